The smallest absolute Gasteiger partial charge is 0.0936 e. The van der Waals surface area contributed by atoms with Crippen LogP contribution in [-0.2, 0) is 15.9 Å². The van der Waals surface area contributed by atoms with Crippen LogP contribution in [0.4, 0.5) is 0 Å². The van der Waals surface area contributed by atoms with Crippen LogP contribution < -0.4 is 0 Å². The van der Waals surface area contributed by atoms with Gasteiger partial charge in [-0.3, -0.25) is 0 Å². The second-order valence-corrected chi connectivity index (χ2v) is 5.50. The Hall–Kier alpha value is -0.490. The first kappa shape index (κ1) is 13.0. The average molecular weight is 256 g/mol. The molecule has 0 saturated carbocycles. The molecular formula is C12H20N2O2S. The average Bonchev–Trinajstić information content (AvgIpc) is 2.74. The molecular weight excluding hydrogens is 236 g/mol. The Morgan fingerprint density at radius 2 is 2.41 bits per heavy atom. The van der Waals surface area contributed by atoms with E-state index >= 15 is 0 Å². The lowest BCUT2D eigenvalue weighted by molar-refractivity contribution is -0.0956. The van der Waals surface area contributed by atoms with Gasteiger partial charge in [-0.15, -0.1) is 11.3 Å². The Morgan fingerprint density at radius 1 is 1.53 bits per heavy atom. The van der Waals surface area contributed by atoms with E-state index in [0.29, 0.717) is 0 Å². The van der Waals surface area contributed by atoms with Crippen LogP contribution >= 0.6 is 11.3 Å². The SMILES string of the molecule is Cc1nc(CCN(C)C[C@@H]2COCCO2)cs1. The van der Waals surface area contributed by atoms with Gasteiger partial charge in [0.25, 0.3) is 0 Å². The fourth-order valence-electron chi connectivity index (χ4n) is 1.91. The van der Waals surface area contributed by atoms with Crippen LogP contribution in [0.25, 0.3) is 0 Å². The van der Waals surface area contributed by atoms with Gasteiger partial charge >= 0.3 is 0 Å². The summed E-state index contributed by atoms with van der Waals surface area (Å²) in [4.78, 5) is 6.75. The quantitative estimate of drug-likeness (QED) is 0.796. The summed E-state index contributed by atoms with van der Waals surface area (Å²) in [6, 6.07) is 0. The van der Waals surface area contributed by atoms with E-state index in [-0.39, 0.29) is 6.10 Å². The maximum atomic E-state index is 5.62. The second-order valence-electron chi connectivity index (χ2n) is 4.44. The van der Waals surface area contributed by atoms with E-state index in [2.05, 4.69) is 22.3 Å². The second kappa shape index (κ2) is 6.44. The summed E-state index contributed by atoms with van der Waals surface area (Å²) in [5.74, 6) is 0. The largest absolute Gasteiger partial charge is 0.376 e. The molecule has 1 fully saturated rings. The predicted octanol–water partition coefficient (Wildman–Crippen LogP) is 1.34. The molecule has 2 heterocycles. The monoisotopic (exact) mass is 256 g/mol. The molecule has 1 aromatic rings. The van der Waals surface area contributed by atoms with Crippen molar-refractivity contribution in [2.45, 2.75) is 19.4 Å². The summed E-state index contributed by atoms with van der Waals surface area (Å²) in [6.07, 6.45) is 1.24. The maximum Gasteiger partial charge on any atom is 0.0936 e. The van der Waals surface area contributed by atoms with Crippen molar-refractivity contribution in [3.8, 4) is 0 Å². The van der Waals surface area contributed by atoms with E-state index in [1.54, 1.807) is 11.3 Å². The molecule has 96 valence electrons. The van der Waals surface area contributed by atoms with Crippen LogP contribution in [0.2, 0.25) is 0 Å². The van der Waals surface area contributed by atoms with Crippen LogP contribution in [0, 0.1) is 6.92 Å². The fourth-order valence-corrected chi connectivity index (χ4v) is 2.56. The summed E-state index contributed by atoms with van der Waals surface area (Å²) in [5, 5.41) is 3.29. The van der Waals surface area contributed by atoms with Crippen molar-refractivity contribution in [2.24, 2.45) is 0 Å². The summed E-state index contributed by atoms with van der Waals surface area (Å²) in [7, 11) is 2.12. The number of aryl methyl sites for hydroxylation is 1. The molecule has 4 nitrogen and oxygen atoms in total. The molecule has 17 heavy (non-hydrogen) atoms. The van der Waals surface area contributed by atoms with Gasteiger partial charge in [0.15, 0.2) is 0 Å². The van der Waals surface area contributed by atoms with Crippen LogP contribution in [0.1, 0.15) is 10.7 Å². The number of likely N-dealkylation sites (N-methyl/N-ethyl adjacent to an activating group) is 1. The molecule has 2 rings (SSSR count). The van der Waals surface area contributed by atoms with Gasteiger partial charge in [0.2, 0.25) is 0 Å². The van der Waals surface area contributed by atoms with Crippen molar-refractivity contribution in [3.05, 3.63) is 16.1 Å². The molecule has 0 amide bonds. The van der Waals surface area contributed by atoms with E-state index in [9.17, 15) is 0 Å². The standard InChI is InChI=1S/C12H20N2O2S/c1-10-13-11(9-17-10)3-4-14(2)7-12-8-15-5-6-16-12/h9,12H,3-8H2,1-2H3/t12-/m1/s1. The van der Waals surface area contributed by atoms with Gasteiger partial charge in [-0.05, 0) is 14.0 Å². The first-order valence-corrected chi connectivity index (χ1v) is 6.91. The Morgan fingerprint density at radius 3 is 3.06 bits per heavy atom. The van der Waals surface area contributed by atoms with E-state index in [1.807, 2.05) is 6.92 Å². The number of hydrogen-bond donors (Lipinski definition) is 0. The lowest BCUT2D eigenvalue weighted by atomic mass is 10.3. The van der Waals surface area contributed by atoms with Gasteiger partial charge < -0.3 is 14.4 Å². The Bertz CT molecular complexity index is 337. The number of ether oxygens (including phenoxy) is 2. The zero-order chi connectivity index (χ0) is 12.1. The highest BCUT2D eigenvalue weighted by Crippen LogP contribution is 2.09. The number of rotatable bonds is 5. The number of aromatic nitrogens is 1. The first-order valence-electron chi connectivity index (χ1n) is 6.03. The van der Waals surface area contributed by atoms with Crippen molar-refractivity contribution in [2.75, 3.05) is 40.0 Å². The fraction of sp³-hybridized carbons (Fsp3) is 0.750. The van der Waals surface area contributed by atoms with Gasteiger partial charge in [0.1, 0.15) is 0 Å². The lowest BCUT2D eigenvalue weighted by Crippen LogP contribution is -2.39. The van der Waals surface area contributed by atoms with Crippen molar-refractivity contribution in [1.82, 2.24) is 9.88 Å². The molecule has 0 N–H and O–H groups in total. The minimum Gasteiger partial charge on any atom is -0.376 e. The highest BCUT2D eigenvalue weighted by molar-refractivity contribution is 7.09. The summed E-state index contributed by atoms with van der Waals surface area (Å²) in [5.41, 5.74) is 1.19. The van der Waals surface area contributed by atoms with Gasteiger partial charge in [-0.25, -0.2) is 4.98 Å². The molecule has 1 aliphatic heterocycles. The van der Waals surface area contributed by atoms with Crippen LogP contribution in [0.15, 0.2) is 5.38 Å². The third kappa shape index (κ3) is 4.35. The zero-order valence-corrected chi connectivity index (χ0v) is 11.3. The topological polar surface area (TPSA) is 34.6 Å². The van der Waals surface area contributed by atoms with Crippen molar-refractivity contribution < 1.29 is 9.47 Å². The third-order valence-electron chi connectivity index (χ3n) is 2.82. The van der Waals surface area contributed by atoms with Crippen molar-refractivity contribution in [3.63, 3.8) is 0 Å². The van der Waals surface area contributed by atoms with Crippen LogP contribution in [0.3, 0.4) is 0 Å². The van der Waals surface area contributed by atoms with Gasteiger partial charge in [0, 0.05) is 24.9 Å². The Labute approximate surface area is 107 Å². The van der Waals surface area contributed by atoms with E-state index in [0.717, 1.165) is 44.3 Å². The van der Waals surface area contributed by atoms with Crippen molar-refractivity contribution >= 4 is 11.3 Å². The van der Waals surface area contributed by atoms with Crippen LogP contribution in [-0.4, -0.2) is 55.9 Å². The Balaban J connectivity index is 1.68. The van der Waals surface area contributed by atoms with Gasteiger partial charge in [-0.1, -0.05) is 0 Å². The first-order chi connectivity index (χ1) is 8.24. The van der Waals surface area contributed by atoms with E-state index in [1.165, 1.54) is 5.69 Å². The minimum absolute atomic E-state index is 0.228. The van der Waals surface area contributed by atoms with Gasteiger partial charge in [0.05, 0.1) is 36.6 Å². The molecule has 0 aliphatic carbocycles. The Kier molecular flexibility index (Phi) is 4.91. The normalized spacial score (nSPS) is 21.0. The number of thiazole rings is 1. The molecule has 0 unspecified atom stereocenters. The molecule has 1 aromatic heterocycles. The van der Waals surface area contributed by atoms with Gasteiger partial charge in [-0.2, -0.15) is 0 Å². The summed E-state index contributed by atoms with van der Waals surface area (Å²) >= 11 is 1.72. The molecule has 1 aliphatic rings. The third-order valence-corrected chi connectivity index (χ3v) is 3.64. The molecule has 1 saturated heterocycles. The molecule has 0 radical (unpaired) electrons. The molecule has 0 aromatic carbocycles. The number of hydrogen-bond acceptors (Lipinski definition) is 5. The minimum atomic E-state index is 0.228. The van der Waals surface area contributed by atoms with Crippen LogP contribution in [0.5, 0.6) is 0 Å². The molecule has 5 heteroatoms. The zero-order valence-electron chi connectivity index (χ0n) is 10.5. The van der Waals surface area contributed by atoms with E-state index < -0.39 is 0 Å². The molecule has 1 atom stereocenters. The predicted molar refractivity (Wildman–Crippen MR) is 68.6 cm³/mol. The summed E-state index contributed by atoms with van der Waals surface area (Å²) < 4.78 is 11.0. The van der Waals surface area contributed by atoms with E-state index in [4.69, 9.17) is 9.47 Å². The highest BCUT2D eigenvalue weighted by Gasteiger charge is 2.16. The number of nitrogens with zero attached hydrogens (tertiary/aromatic N) is 2. The lowest BCUT2D eigenvalue weighted by Gasteiger charge is -2.27. The maximum absolute atomic E-state index is 5.62. The molecule has 0 spiro atoms. The highest BCUT2D eigenvalue weighted by atomic mass is 32.1. The van der Waals surface area contributed by atoms with Crippen molar-refractivity contribution in [1.29, 1.82) is 0 Å². The molecule has 0 bridgehead atoms. The summed E-state index contributed by atoms with van der Waals surface area (Å²) in [6.45, 7) is 6.18.